The van der Waals surface area contributed by atoms with Crippen LogP contribution >= 0.6 is 11.6 Å². The zero-order chi connectivity index (χ0) is 18.7. The number of halogens is 1. The van der Waals surface area contributed by atoms with Gasteiger partial charge in [-0.3, -0.25) is 14.5 Å². The van der Waals surface area contributed by atoms with E-state index in [1.54, 1.807) is 48.5 Å². The fourth-order valence-electron chi connectivity index (χ4n) is 2.68. The highest BCUT2D eigenvalue weighted by Gasteiger charge is 2.39. The number of imide groups is 1. The Balaban J connectivity index is 1.81. The van der Waals surface area contributed by atoms with E-state index in [1.807, 2.05) is 6.92 Å². The summed E-state index contributed by atoms with van der Waals surface area (Å²) in [6.07, 6.45) is 0.889. The molecule has 3 rings (SSSR count). The van der Waals surface area contributed by atoms with Crippen molar-refractivity contribution in [1.29, 1.82) is 0 Å². The summed E-state index contributed by atoms with van der Waals surface area (Å²) in [5, 5.41) is 10.8. The Labute approximate surface area is 156 Å². The van der Waals surface area contributed by atoms with E-state index >= 15 is 0 Å². The van der Waals surface area contributed by atoms with Crippen LogP contribution in [0.4, 0.5) is 0 Å². The number of nitrogens with zero attached hydrogens (tertiary/aromatic N) is 1. The quantitative estimate of drug-likeness (QED) is 0.780. The van der Waals surface area contributed by atoms with Gasteiger partial charge in [0.2, 0.25) is 0 Å². The molecule has 1 N–H and O–H groups in total. The molecular formula is C20H18ClNO4. The Hall–Kier alpha value is -2.79. The molecule has 0 fully saturated rings. The highest BCUT2D eigenvalue weighted by atomic mass is 35.5. The second kappa shape index (κ2) is 7.62. The molecule has 0 spiro atoms. The van der Waals surface area contributed by atoms with Crippen LogP contribution in [0, 0.1) is 0 Å². The van der Waals surface area contributed by atoms with Crippen molar-refractivity contribution in [2.75, 3.05) is 6.61 Å². The molecule has 1 aliphatic rings. The van der Waals surface area contributed by atoms with Gasteiger partial charge in [-0.15, -0.1) is 0 Å². The lowest BCUT2D eigenvalue weighted by atomic mass is 10.1. The molecule has 2 aromatic rings. The van der Waals surface area contributed by atoms with Crippen molar-refractivity contribution in [1.82, 2.24) is 4.90 Å². The lowest BCUT2D eigenvalue weighted by molar-refractivity contribution is -0.138. The van der Waals surface area contributed by atoms with Crippen molar-refractivity contribution in [3.63, 3.8) is 0 Å². The Morgan fingerprint density at radius 3 is 2.27 bits per heavy atom. The molecule has 0 saturated carbocycles. The largest absolute Gasteiger partial charge is 0.502 e. The van der Waals surface area contributed by atoms with Gasteiger partial charge < -0.3 is 9.84 Å². The number of ether oxygens (including phenoxy) is 1. The molecule has 134 valence electrons. The summed E-state index contributed by atoms with van der Waals surface area (Å²) in [4.78, 5) is 26.0. The zero-order valence-corrected chi connectivity index (χ0v) is 15.0. The maximum Gasteiger partial charge on any atom is 0.296 e. The van der Waals surface area contributed by atoms with Crippen LogP contribution in [0.1, 0.15) is 24.5 Å². The smallest absolute Gasteiger partial charge is 0.296 e. The minimum Gasteiger partial charge on any atom is -0.502 e. The summed E-state index contributed by atoms with van der Waals surface area (Å²) >= 11 is 5.85. The fourth-order valence-corrected chi connectivity index (χ4v) is 2.80. The number of carbonyl (C=O) groups excluding carboxylic acids is 2. The van der Waals surface area contributed by atoms with Crippen LogP contribution < -0.4 is 4.74 Å². The van der Waals surface area contributed by atoms with Crippen molar-refractivity contribution in [3.05, 3.63) is 70.4 Å². The Kier molecular flexibility index (Phi) is 5.28. The zero-order valence-electron chi connectivity index (χ0n) is 14.2. The predicted molar refractivity (Wildman–Crippen MR) is 98.8 cm³/mol. The number of carbonyl (C=O) groups is 2. The van der Waals surface area contributed by atoms with Gasteiger partial charge in [-0.05, 0) is 41.8 Å². The van der Waals surface area contributed by atoms with Crippen LogP contribution in [0.2, 0.25) is 5.02 Å². The summed E-state index contributed by atoms with van der Waals surface area (Å²) < 4.78 is 5.51. The van der Waals surface area contributed by atoms with Crippen LogP contribution in [0.5, 0.6) is 5.75 Å². The lowest BCUT2D eigenvalue weighted by Gasteiger charge is -2.14. The number of rotatable bonds is 6. The third-order valence-corrected chi connectivity index (χ3v) is 4.27. The molecule has 1 aliphatic heterocycles. The number of aliphatic hydroxyl groups excluding tert-OH is 1. The average Bonchev–Trinajstić information content (AvgIpc) is 2.86. The molecule has 0 atom stereocenters. The van der Waals surface area contributed by atoms with Crippen molar-refractivity contribution >= 4 is 29.0 Å². The number of hydrogen-bond acceptors (Lipinski definition) is 4. The van der Waals surface area contributed by atoms with E-state index in [4.69, 9.17) is 16.3 Å². The van der Waals surface area contributed by atoms with Gasteiger partial charge in [0.05, 0.1) is 18.7 Å². The molecule has 0 bridgehead atoms. The maximum absolute atomic E-state index is 12.7. The van der Waals surface area contributed by atoms with E-state index in [9.17, 15) is 14.7 Å². The summed E-state index contributed by atoms with van der Waals surface area (Å²) in [7, 11) is 0. The monoisotopic (exact) mass is 371 g/mol. The normalized spacial score (nSPS) is 14.3. The number of aliphatic hydroxyl groups is 1. The first-order valence-electron chi connectivity index (χ1n) is 8.28. The van der Waals surface area contributed by atoms with E-state index in [0.29, 0.717) is 22.9 Å². The summed E-state index contributed by atoms with van der Waals surface area (Å²) in [6, 6.07) is 13.6. The van der Waals surface area contributed by atoms with E-state index < -0.39 is 17.6 Å². The van der Waals surface area contributed by atoms with Gasteiger partial charge in [0.25, 0.3) is 11.8 Å². The highest BCUT2D eigenvalue weighted by molar-refractivity contribution is 6.34. The third-order valence-electron chi connectivity index (χ3n) is 4.01. The molecule has 1 heterocycles. The Morgan fingerprint density at radius 2 is 1.65 bits per heavy atom. The van der Waals surface area contributed by atoms with Crippen LogP contribution in [-0.4, -0.2) is 28.4 Å². The minimum atomic E-state index is -0.703. The molecule has 0 radical (unpaired) electrons. The van der Waals surface area contributed by atoms with Crippen LogP contribution in [0.25, 0.3) is 5.57 Å². The summed E-state index contributed by atoms with van der Waals surface area (Å²) in [6.45, 7) is 2.68. The maximum atomic E-state index is 12.7. The molecule has 26 heavy (non-hydrogen) atoms. The number of benzene rings is 2. The van der Waals surface area contributed by atoms with Gasteiger partial charge in [0, 0.05) is 5.02 Å². The molecule has 0 aromatic heterocycles. The topological polar surface area (TPSA) is 66.8 Å². The molecule has 2 aromatic carbocycles. The van der Waals surface area contributed by atoms with E-state index in [1.165, 1.54) is 0 Å². The minimum absolute atomic E-state index is 0.00556. The fraction of sp³-hybridized carbons (Fsp3) is 0.200. The molecule has 6 heteroatoms. The third kappa shape index (κ3) is 3.58. The average molecular weight is 372 g/mol. The van der Waals surface area contributed by atoms with E-state index in [-0.39, 0.29) is 12.1 Å². The van der Waals surface area contributed by atoms with E-state index in [2.05, 4.69) is 0 Å². The van der Waals surface area contributed by atoms with Gasteiger partial charge in [-0.2, -0.15) is 0 Å². The second-order valence-electron chi connectivity index (χ2n) is 5.92. The molecule has 5 nitrogen and oxygen atoms in total. The first kappa shape index (κ1) is 18.0. The summed E-state index contributed by atoms with van der Waals surface area (Å²) in [5.41, 5.74) is 1.22. The molecule has 0 unspecified atom stereocenters. The van der Waals surface area contributed by atoms with Gasteiger partial charge in [0.1, 0.15) is 5.75 Å². The highest BCUT2D eigenvalue weighted by Crippen LogP contribution is 2.30. The number of hydrogen-bond donors (Lipinski definition) is 1. The van der Waals surface area contributed by atoms with Crippen LogP contribution in [0.15, 0.2) is 54.3 Å². The van der Waals surface area contributed by atoms with Crippen molar-refractivity contribution in [2.24, 2.45) is 0 Å². The first-order valence-corrected chi connectivity index (χ1v) is 8.66. The predicted octanol–water partition coefficient (Wildman–Crippen LogP) is 3.97. The van der Waals surface area contributed by atoms with Gasteiger partial charge in [0.15, 0.2) is 5.76 Å². The first-order chi connectivity index (χ1) is 12.5. The van der Waals surface area contributed by atoms with Gasteiger partial charge >= 0.3 is 0 Å². The standard InChI is InChI=1S/C20H18ClNO4/c1-2-11-26-16-9-5-14(6-10-16)17-18(23)20(25)22(19(17)24)12-13-3-7-15(21)8-4-13/h3-10,23H,2,11-12H2,1H3. The van der Waals surface area contributed by atoms with Crippen LogP contribution in [0.3, 0.4) is 0 Å². The van der Waals surface area contributed by atoms with Crippen molar-refractivity contribution in [2.45, 2.75) is 19.9 Å². The SMILES string of the molecule is CCCOc1ccc(C2=C(O)C(=O)N(Cc3ccc(Cl)cc3)C2=O)cc1. The number of amides is 2. The molecule has 0 aliphatic carbocycles. The second-order valence-corrected chi connectivity index (χ2v) is 6.36. The Morgan fingerprint density at radius 1 is 1.00 bits per heavy atom. The van der Waals surface area contributed by atoms with Crippen LogP contribution in [-0.2, 0) is 16.1 Å². The summed E-state index contributed by atoms with van der Waals surface area (Å²) in [5.74, 6) is -1.09. The molecule has 2 amide bonds. The molecular weight excluding hydrogens is 354 g/mol. The van der Waals surface area contributed by atoms with Gasteiger partial charge in [-0.1, -0.05) is 42.8 Å². The Bertz CT molecular complexity index is 856. The molecule has 0 saturated heterocycles. The van der Waals surface area contributed by atoms with Gasteiger partial charge in [-0.25, -0.2) is 0 Å². The van der Waals surface area contributed by atoms with Crippen molar-refractivity contribution in [3.8, 4) is 5.75 Å². The lowest BCUT2D eigenvalue weighted by Crippen LogP contribution is -2.31. The van der Waals surface area contributed by atoms with E-state index in [0.717, 1.165) is 16.9 Å². The van der Waals surface area contributed by atoms with Crippen molar-refractivity contribution < 1.29 is 19.4 Å².